The van der Waals surface area contributed by atoms with Crippen molar-refractivity contribution in [3.05, 3.63) is 52.9 Å². The number of aromatic hydroxyl groups is 2. The van der Waals surface area contributed by atoms with Crippen molar-refractivity contribution >= 4 is 11.0 Å². The van der Waals surface area contributed by atoms with Crippen molar-refractivity contribution in [1.82, 2.24) is 0 Å². The molecular formula is C16H12O5. The van der Waals surface area contributed by atoms with Gasteiger partial charge in [0, 0.05) is 0 Å². The molecule has 5 heteroatoms. The van der Waals surface area contributed by atoms with Gasteiger partial charge in [-0.15, -0.1) is 0 Å². The Kier molecular flexibility index (Phi) is 3.02. The van der Waals surface area contributed by atoms with Crippen LogP contribution in [0.15, 0.2) is 51.9 Å². The van der Waals surface area contributed by atoms with E-state index >= 15 is 0 Å². The van der Waals surface area contributed by atoms with E-state index in [4.69, 9.17) is 9.15 Å². The summed E-state index contributed by atoms with van der Waals surface area (Å²) in [7, 11) is 1.54. The van der Waals surface area contributed by atoms with Crippen LogP contribution in [0.4, 0.5) is 0 Å². The molecule has 2 aromatic carbocycles. The molecule has 0 aliphatic heterocycles. The molecule has 0 spiro atoms. The van der Waals surface area contributed by atoms with E-state index in [0.29, 0.717) is 16.9 Å². The van der Waals surface area contributed by atoms with E-state index in [0.717, 1.165) is 0 Å². The Bertz CT molecular complexity index is 879. The fourth-order valence-corrected chi connectivity index (χ4v) is 2.17. The Labute approximate surface area is 119 Å². The van der Waals surface area contributed by atoms with Crippen molar-refractivity contribution < 1.29 is 19.4 Å². The van der Waals surface area contributed by atoms with Crippen LogP contribution in [0.25, 0.3) is 22.1 Å². The number of methoxy groups -OCH3 is 1. The third-order valence-electron chi connectivity index (χ3n) is 3.27. The quantitative estimate of drug-likeness (QED) is 0.707. The molecule has 0 unspecified atom stereocenters. The summed E-state index contributed by atoms with van der Waals surface area (Å²) in [6.45, 7) is 0. The van der Waals surface area contributed by atoms with Gasteiger partial charge < -0.3 is 19.4 Å². The van der Waals surface area contributed by atoms with Crippen LogP contribution in [-0.4, -0.2) is 17.3 Å². The van der Waals surface area contributed by atoms with Crippen LogP contribution < -0.4 is 10.2 Å². The SMILES string of the molecule is COc1cccc(-c2coc3c(O)c(O)ccc3c2=O)c1. The molecule has 1 aromatic heterocycles. The van der Waals surface area contributed by atoms with Crippen LogP contribution >= 0.6 is 0 Å². The number of hydrogen-bond acceptors (Lipinski definition) is 5. The number of fused-ring (bicyclic) bond motifs is 1. The molecule has 0 aliphatic rings. The average molecular weight is 284 g/mol. The highest BCUT2D eigenvalue weighted by atomic mass is 16.5. The standard InChI is InChI=1S/C16H12O5/c1-20-10-4-2-3-9(7-10)12-8-21-16-11(14(12)18)5-6-13(17)15(16)19/h2-8,17,19H,1H3. The van der Waals surface area contributed by atoms with Crippen LogP contribution in [0.1, 0.15) is 0 Å². The third-order valence-corrected chi connectivity index (χ3v) is 3.27. The molecule has 0 atom stereocenters. The summed E-state index contributed by atoms with van der Waals surface area (Å²) >= 11 is 0. The van der Waals surface area contributed by atoms with Gasteiger partial charge in [-0.05, 0) is 29.8 Å². The maximum absolute atomic E-state index is 12.5. The largest absolute Gasteiger partial charge is 0.504 e. The molecule has 0 saturated carbocycles. The Morgan fingerprint density at radius 2 is 1.95 bits per heavy atom. The van der Waals surface area contributed by atoms with Crippen molar-refractivity contribution in [2.24, 2.45) is 0 Å². The average Bonchev–Trinajstić information content (AvgIpc) is 2.51. The van der Waals surface area contributed by atoms with E-state index in [1.54, 1.807) is 31.4 Å². The Hall–Kier alpha value is -2.95. The monoisotopic (exact) mass is 284 g/mol. The Morgan fingerprint density at radius 1 is 1.14 bits per heavy atom. The lowest BCUT2D eigenvalue weighted by molar-refractivity contribution is 0.399. The first-order valence-corrected chi connectivity index (χ1v) is 6.22. The second kappa shape index (κ2) is 4.86. The van der Waals surface area contributed by atoms with E-state index < -0.39 is 5.75 Å². The van der Waals surface area contributed by atoms with Crippen LogP contribution in [0, 0.1) is 0 Å². The number of phenols is 2. The fourth-order valence-electron chi connectivity index (χ4n) is 2.17. The van der Waals surface area contributed by atoms with Crippen LogP contribution in [0.3, 0.4) is 0 Å². The van der Waals surface area contributed by atoms with E-state index in [-0.39, 0.29) is 22.1 Å². The van der Waals surface area contributed by atoms with Gasteiger partial charge >= 0.3 is 0 Å². The summed E-state index contributed by atoms with van der Waals surface area (Å²) in [5, 5.41) is 19.4. The molecule has 0 saturated heterocycles. The first-order valence-electron chi connectivity index (χ1n) is 6.22. The molecule has 0 amide bonds. The molecule has 3 rings (SSSR count). The maximum Gasteiger partial charge on any atom is 0.201 e. The summed E-state index contributed by atoms with van der Waals surface area (Å²) in [4.78, 5) is 12.5. The van der Waals surface area contributed by atoms with Crippen molar-refractivity contribution in [3.63, 3.8) is 0 Å². The molecule has 0 fully saturated rings. The van der Waals surface area contributed by atoms with E-state index in [2.05, 4.69) is 0 Å². The number of rotatable bonds is 2. The normalized spacial score (nSPS) is 10.7. The summed E-state index contributed by atoms with van der Waals surface area (Å²) in [6.07, 6.45) is 1.26. The minimum absolute atomic E-state index is 0.0355. The number of hydrogen-bond donors (Lipinski definition) is 2. The van der Waals surface area contributed by atoms with Gasteiger partial charge in [0.15, 0.2) is 11.3 Å². The van der Waals surface area contributed by atoms with Gasteiger partial charge in [0.1, 0.15) is 12.0 Å². The van der Waals surface area contributed by atoms with Gasteiger partial charge in [-0.3, -0.25) is 4.79 Å². The predicted molar refractivity (Wildman–Crippen MR) is 77.8 cm³/mol. The smallest absolute Gasteiger partial charge is 0.201 e. The molecule has 5 nitrogen and oxygen atoms in total. The highest BCUT2D eigenvalue weighted by molar-refractivity contribution is 5.87. The van der Waals surface area contributed by atoms with Crippen LogP contribution in [0.5, 0.6) is 17.2 Å². The number of benzene rings is 2. The van der Waals surface area contributed by atoms with Gasteiger partial charge in [0.05, 0.1) is 18.1 Å². The predicted octanol–water partition coefficient (Wildman–Crippen LogP) is 2.88. The van der Waals surface area contributed by atoms with Crippen LogP contribution in [-0.2, 0) is 0 Å². The number of ether oxygens (including phenoxy) is 1. The van der Waals surface area contributed by atoms with E-state index in [1.807, 2.05) is 0 Å². The minimum atomic E-state index is -0.443. The highest BCUT2D eigenvalue weighted by Gasteiger charge is 2.14. The van der Waals surface area contributed by atoms with Crippen molar-refractivity contribution in [2.75, 3.05) is 7.11 Å². The topological polar surface area (TPSA) is 79.9 Å². The summed E-state index contributed by atoms with van der Waals surface area (Å²) in [6, 6.07) is 9.70. The zero-order valence-electron chi connectivity index (χ0n) is 11.2. The molecular weight excluding hydrogens is 272 g/mol. The molecule has 106 valence electrons. The molecule has 1 heterocycles. The van der Waals surface area contributed by atoms with Crippen molar-refractivity contribution in [2.45, 2.75) is 0 Å². The highest BCUT2D eigenvalue weighted by Crippen LogP contribution is 2.33. The van der Waals surface area contributed by atoms with E-state index in [9.17, 15) is 15.0 Å². The molecule has 21 heavy (non-hydrogen) atoms. The molecule has 0 aliphatic carbocycles. The lowest BCUT2D eigenvalue weighted by Gasteiger charge is -2.06. The summed E-state index contributed by atoms with van der Waals surface area (Å²) in [5.41, 5.74) is 0.676. The first kappa shape index (κ1) is 13.1. The minimum Gasteiger partial charge on any atom is -0.504 e. The summed E-state index contributed by atoms with van der Waals surface area (Å²) < 4.78 is 10.4. The van der Waals surface area contributed by atoms with Crippen LogP contribution in [0.2, 0.25) is 0 Å². The second-order valence-corrected chi connectivity index (χ2v) is 4.52. The first-order chi connectivity index (χ1) is 10.1. The van der Waals surface area contributed by atoms with Gasteiger partial charge in [0.25, 0.3) is 0 Å². The molecule has 0 radical (unpaired) electrons. The van der Waals surface area contributed by atoms with Crippen molar-refractivity contribution in [1.29, 1.82) is 0 Å². The zero-order valence-corrected chi connectivity index (χ0v) is 11.2. The van der Waals surface area contributed by atoms with Gasteiger partial charge in [-0.2, -0.15) is 0 Å². The molecule has 2 N–H and O–H groups in total. The fraction of sp³-hybridized carbons (Fsp3) is 0.0625. The Balaban J connectivity index is 2.28. The Morgan fingerprint density at radius 3 is 2.71 bits per heavy atom. The molecule has 0 bridgehead atoms. The van der Waals surface area contributed by atoms with Gasteiger partial charge in [-0.25, -0.2) is 0 Å². The lowest BCUT2D eigenvalue weighted by Crippen LogP contribution is -2.04. The second-order valence-electron chi connectivity index (χ2n) is 4.52. The zero-order chi connectivity index (χ0) is 15.0. The van der Waals surface area contributed by atoms with Gasteiger partial charge in [-0.1, -0.05) is 12.1 Å². The maximum atomic E-state index is 12.5. The third kappa shape index (κ3) is 2.08. The summed E-state index contributed by atoms with van der Waals surface area (Å²) in [5.74, 6) is -0.151. The van der Waals surface area contributed by atoms with E-state index in [1.165, 1.54) is 18.4 Å². The van der Waals surface area contributed by atoms with Crippen molar-refractivity contribution in [3.8, 4) is 28.4 Å². The number of phenolic OH excluding ortho intramolecular Hbond substituents is 2. The van der Waals surface area contributed by atoms with Gasteiger partial charge in [0.2, 0.25) is 11.2 Å². The molecule has 3 aromatic rings. The lowest BCUT2D eigenvalue weighted by atomic mass is 10.1.